The normalized spacial score (nSPS) is 14.3. The second-order valence-corrected chi connectivity index (χ2v) is 4.57. The van der Waals surface area contributed by atoms with Gasteiger partial charge in [0.05, 0.1) is 12.1 Å². The second-order valence-electron chi connectivity index (χ2n) is 4.57. The first kappa shape index (κ1) is 13.4. The van der Waals surface area contributed by atoms with Crippen molar-refractivity contribution in [1.82, 2.24) is 10.2 Å². The first-order valence-electron chi connectivity index (χ1n) is 6.55. The molecule has 0 bridgehead atoms. The van der Waals surface area contributed by atoms with Gasteiger partial charge in [-0.05, 0) is 25.0 Å². The van der Waals surface area contributed by atoms with Gasteiger partial charge in [0.15, 0.2) is 0 Å². The van der Waals surface area contributed by atoms with E-state index in [0.29, 0.717) is 5.56 Å². The van der Waals surface area contributed by atoms with Gasteiger partial charge in [0.2, 0.25) is 5.91 Å². The van der Waals surface area contributed by atoms with Crippen LogP contribution in [0.2, 0.25) is 0 Å². The number of anilines is 1. The molecule has 0 saturated carbocycles. The maximum atomic E-state index is 12.0. The van der Waals surface area contributed by atoms with Crippen molar-refractivity contribution in [3.8, 4) is 0 Å². The van der Waals surface area contributed by atoms with Crippen LogP contribution >= 0.6 is 0 Å². The lowest BCUT2D eigenvalue weighted by atomic mass is 10.1. The minimum absolute atomic E-state index is 0.00668. The third-order valence-corrected chi connectivity index (χ3v) is 3.30. The Balaban J connectivity index is 1.92. The molecule has 5 heteroatoms. The summed E-state index contributed by atoms with van der Waals surface area (Å²) in [6.45, 7) is 1.68. The Kier molecular flexibility index (Phi) is 4.39. The van der Waals surface area contributed by atoms with E-state index in [1.807, 2.05) is 12.1 Å². The van der Waals surface area contributed by atoms with Crippen LogP contribution in [0.3, 0.4) is 0 Å². The Morgan fingerprint density at radius 2 is 1.89 bits per heavy atom. The predicted octanol–water partition coefficient (Wildman–Crippen LogP) is 1.08. The lowest BCUT2D eigenvalue weighted by molar-refractivity contribution is -0.129. The van der Waals surface area contributed by atoms with Crippen LogP contribution in [0.1, 0.15) is 23.2 Å². The fraction of sp³-hybridized carbons (Fsp3) is 0.429. The summed E-state index contributed by atoms with van der Waals surface area (Å²) in [5.41, 5.74) is 1.31. The van der Waals surface area contributed by atoms with Gasteiger partial charge in [-0.25, -0.2) is 0 Å². The zero-order valence-corrected chi connectivity index (χ0v) is 11.1. The molecule has 0 unspecified atom stereocenters. The number of carbonyl (C=O) groups excluding carboxylic acids is 2. The summed E-state index contributed by atoms with van der Waals surface area (Å²) in [4.78, 5) is 25.6. The number of amides is 2. The number of para-hydroxylation sites is 1. The molecule has 1 aromatic carbocycles. The zero-order chi connectivity index (χ0) is 13.7. The summed E-state index contributed by atoms with van der Waals surface area (Å²) in [7, 11) is 1.77. The van der Waals surface area contributed by atoms with E-state index < -0.39 is 0 Å². The molecule has 1 aromatic rings. The number of benzene rings is 1. The molecule has 102 valence electrons. The van der Waals surface area contributed by atoms with Gasteiger partial charge in [-0.2, -0.15) is 0 Å². The van der Waals surface area contributed by atoms with Crippen molar-refractivity contribution in [2.45, 2.75) is 12.8 Å². The van der Waals surface area contributed by atoms with Gasteiger partial charge in [0, 0.05) is 25.8 Å². The minimum Gasteiger partial charge on any atom is -0.387 e. The number of hydrogen-bond acceptors (Lipinski definition) is 3. The molecular weight excluding hydrogens is 242 g/mol. The molecule has 1 fully saturated rings. The summed E-state index contributed by atoms with van der Waals surface area (Å²) < 4.78 is 0. The summed E-state index contributed by atoms with van der Waals surface area (Å²) in [5, 5.41) is 5.64. The molecule has 0 aliphatic carbocycles. The zero-order valence-electron chi connectivity index (χ0n) is 11.1. The number of likely N-dealkylation sites (tertiary alicyclic amines) is 1. The van der Waals surface area contributed by atoms with Gasteiger partial charge in [0.25, 0.3) is 5.91 Å². The molecule has 1 heterocycles. The van der Waals surface area contributed by atoms with Crippen molar-refractivity contribution in [1.29, 1.82) is 0 Å². The fourth-order valence-corrected chi connectivity index (χ4v) is 2.23. The molecule has 5 nitrogen and oxygen atoms in total. The van der Waals surface area contributed by atoms with E-state index in [1.165, 1.54) is 0 Å². The van der Waals surface area contributed by atoms with E-state index in [-0.39, 0.29) is 18.4 Å². The highest BCUT2D eigenvalue weighted by Gasteiger charge is 2.18. The maximum absolute atomic E-state index is 12.0. The highest BCUT2D eigenvalue weighted by molar-refractivity contribution is 6.01. The van der Waals surface area contributed by atoms with Gasteiger partial charge in [-0.1, -0.05) is 12.1 Å². The Morgan fingerprint density at radius 3 is 2.58 bits per heavy atom. The number of carbonyl (C=O) groups is 2. The van der Waals surface area contributed by atoms with Gasteiger partial charge in [-0.3, -0.25) is 9.59 Å². The molecule has 1 saturated heterocycles. The van der Waals surface area contributed by atoms with Crippen molar-refractivity contribution in [3.05, 3.63) is 29.8 Å². The average Bonchev–Trinajstić information content (AvgIpc) is 2.98. The first-order valence-corrected chi connectivity index (χ1v) is 6.55. The smallest absolute Gasteiger partial charge is 0.253 e. The summed E-state index contributed by atoms with van der Waals surface area (Å²) >= 11 is 0. The van der Waals surface area contributed by atoms with Gasteiger partial charge >= 0.3 is 0 Å². The number of rotatable bonds is 4. The van der Waals surface area contributed by atoms with Crippen molar-refractivity contribution >= 4 is 17.5 Å². The standard InChI is InChI=1S/C14H19N3O2/c1-15-12-7-3-2-6-11(12)14(19)16-10-13(18)17-8-4-5-9-17/h2-3,6-7,15H,4-5,8-10H2,1H3,(H,16,19). The lowest BCUT2D eigenvalue weighted by Crippen LogP contribution is -2.38. The molecule has 0 atom stereocenters. The first-order chi connectivity index (χ1) is 9.22. The van der Waals surface area contributed by atoms with Crippen LogP contribution in [0.4, 0.5) is 5.69 Å². The van der Waals surface area contributed by atoms with Crippen molar-refractivity contribution in [2.75, 3.05) is 32.0 Å². The average molecular weight is 261 g/mol. The minimum atomic E-state index is -0.225. The van der Waals surface area contributed by atoms with Crippen LogP contribution in [0.25, 0.3) is 0 Å². The van der Waals surface area contributed by atoms with E-state index in [4.69, 9.17) is 0 Å². The molecule has 2 rings (SSSR count). The molecule has 2 N–H and O–H groups in total. The van der Waals surface area contributed by atoms with Crippen LogP contribution in [0.15, 0.2) is 24.3 Å². The van der Waals surface area contributed by atoms with E-state index in [2.05, 4.69) is 10.6 Å². The fourth-order valence-electron chi connectivity index (χ4n) is 2.23. The molecule has 19 heavy (non-hydrogen) atoms. The Bertz CT molecular complexity index is 468. The Labute approximate surface area is 113 Å². The molecular formula is C14H19N3O2. The largest absolute Gasteiger partial charge is 0.387 e. The molecule has 1 aliphatic rings. The quantitative estimate of drug-likeness (QED) is 0.852. The van der Waals surface area contributed by atoms with E-state index in [1.54, 1.807) is 24.1 Å². The van der Waals surface area contributed by atoms with Gasteiger partial charge in [0.1, 0.15) is 0 Å². The Hall–Kier alpha value is -2.04. The van der Waals surface area contributed by atoms with Crippen LogP contribution in [-0.4, -0.2) is 43.4 Å². The lowest BCUT2D eigenvalue weighted by Gasteiger charge is -2.16. The highest BCUT2D eigenvalue weighted by atomic mass is 16.2. The molecule has 1 aliphatic heterocycles. The summed E-state index contributed by atoms with van der Waals surface area (Å²) in [6, 6.07) is 7.23. The number of nitrogens with one attached hydrogen (secondary N) is 2. The van der Waals surface area contributed by atoms with Crippen LogP contribution < -0.4 is 10.6 Å². The van der Waals surface area contributed by atoms with E-state index in [9.17, 15) is 9.59 Å². The number of nitrogens with zero attached hydrogens (tertiary/aromatic N) is 1. The number of hydrogen-bond donors (Lipinski definition) is 2. The van der Waals surface area contributed by atoms with E-state index in [0.717, 1.165) is 31.6 Å². The third-order valence-electron chi connectivity index (χ3n) is 3.30. The topological polar surface area (TPSA) is 61.4 Å². The third kappa shape index (κ3) is 3.24. The predicted molar refractivity (Wildman–Crippen MR) is 74.1 cm³/mol. The van der Waals surface area contributed by atoms with Crippen LogP contribution in [0, 0.1) is 0 Å². The van der Waals surface area contributed by atoms with Crippen LogP contribution in [0.5, 0.6) is 0 Å². The maximum Gasteiger partial charge on any atom is 0.253 e. The van der Waals surface area contributed by atoms with E-state index >= 15 is 0 Å². The van der Waals surface area contributed by atoms with Crippen molar-refractivity contribution in [3.63, 3.8) is 0 Å². The summed E-state index contributed by atoms with van der Waals surface area (Å²) in [5.74, 6) is -0.231. The molecule has 0 spiro atoms. The SMILES string of the molecule is CNc1ccccc1C(=O)NCC(=O)N1CCCC1. The molecule has 0 radical (unpaired) electrons. The molecule has 0 aromatic heterocycles. The van der Waals surface area contributed by atoms with Gasteiger partial charge < -0.3 is 15.5 Å². The van der Waals surface area contributed by atoms with Gasteiger partial charge in [-0.15, -0.1) is 0 Å². The highest BCUT2D eigenvalue weighted by Crippen LogP contribution is 2.13. The summed E-state index contributed by atoms with van der Waals surface area (Å²) in [6.07, 6.45) is 2.12. The monoisotopic (exact) mass is 261 g/mol. The molecule has 2 amide bonds. The second kappa shape index (κ2) is 6.22. The van der Waals surface area contributed by atoms with Crippen molar-refractivity contribution < 1.29 is 9.59 Å². The Morgan fingerprint density at radius 1 is 1.21 bits per heavy atom. The van der Waals surface area contributed by atoms with Crippen LogP contribution in [-0.2, 0) is 4.79 Å². The van der Waals surface area contributed by atoms with Crippen molar-refractivity contribution in [2.24, 2.45) is 0 Å².